The largest absolute Gasteiger partial charge is 0.433 e. The van der Waals surface area contributed by atoms with Gasteiger partial charge in [-0.15, -0.1) is 0 Å². The number of rotatable bonds is 1. The van der Waals surface area contributed by atoms with Crippen molar-refractivity contribution < 1.29 is 13.2 Å². The van der Waals surface area contributed by atoms with Gasteiger partial charge in [-0.3, -0.25) is 0 Å². The predicted molar refractivity (Wildman–Crippen MR) is 54.6 cm³/mol. The molecule has 6 heteroatoms. The average Bonchev–Trinajstić information content (AvgIpc) is 2.01. The summed E-state index contributed by atoms with van der Waals surface area (Å²) in [4.78, 5) is 3.45. The number of pyridine rings is 1. The third kappa shape index (κ3) is 3.08. The Labute approximate surface area is 95.0 Å². The Balaban J connectivity index is 3.16. The zero-order valence-electron chi connectivity index (χ0n) is 6.20. The van der Waals surface area contributed by atoms with Gasteiger partial charge in [-0.05, 0) is 34.7 Å². The maximum atomic E-state index is 12.2. The maximum absolute atomic E-state index is 12.2. The molecule has 0 spiro atoms. The molecule has 13 heavy (non-hydrogen) atoms. The summed E-state index contributed by atoms with van der Waals surface area (Å²) in [5, 5.41) is 0.326. The van der Waals surface area contributed by atoms with Gasteiger partial charge in [0, 0.05) is 8.90 Å². The fourth-order valence-electron chi connectivity index (χ4n) is 0.764. The van der Waals surface area contributed by atoms with Crippen LogP contribution in [-0.2, 0) is 11.5 Å². The number of alkyl halides is 4. The molecule has 72 valence electrons. The van der Waals surface area contributed by atoms with Gasteiger partial charge in [0.05, 0.1) is 5.69 Å². The van der Waals surface area contributed by atoms with Crippen molar-refractivity contribution in [3.63, 3.8) is 0 Å². The van der Waals surface area contributed by atoms with Crippen LogP contribution >= 0.6 is 38.5 Å². The second-order valence-corrected chi connectivity index (χ2v) is 4.10. The minimum atomic E-state index is -4.36. The molecule has 1 nitrogen and oxygen atoms in total. The lowest BCUT2D eigenvalue weighted by Gasteiger charge is -2.07. The van der Waals surface area contributed by atoms with Crippen LogP contribution in [0.25, 0.3) is 0 Å². The summed E-state index contributed by atoms with van der Waals surface area (Å²) in [6.07, 6.45) is -4.36. The third-order valence-corrected chi connectivity index (χ3v) is 2.47. The molecular weight excluding hydrogens is 362 g/mol. The molecule has 1 aromatic rings. The van der Waals surface area contributed by atoms with E-state index in [1.54, 1.807) is 6.07 Å². The van der Waals surface area contributed by atoms with Gasteiger partial charge in [0.2, 0.25) is 0 Å². The van der Waals surface area contributed by atoms with E-state index in [0.29, 0.717) is 14.6 Å². The maximum Gasteiger partial charge on any atom is 0.433 e. The molecule has 0 saturated heterocycles. The Kier molecular flexibility index (Phi) is 3.56. The zero-order chi connectivity index (χ0) is 10.1. The number of hydrogen-bond donors (Lipinski definition) is 0. The fourth-order valence-corrected chi connectivity index (χ4v) is 1.71. The lowest BCUT2D eigenvalue weighted by atomic mass is 10.3. The highest BCUT2D eigenvalue weighted by molar-refractivity contribution is 14.1. The molecule has 0 bridgehead atoms. The van der Waals surface area contributed by atoms with E-state index in [1.165, 1.54) is 0 Å². The summed E-state index contributed by atoms with van der Waals surface area (Å²) in [5.41, 5.74) is -0.451. The van der Waals surface area contributed by atoms with Crippen LogP contribution in [0.2, 0.25) is 0 Å². The van der Waals surface area contributed by atoms with Crippen molar-refractivity contribution in [3.8, 4) is 0 Å². The fraction of sp³-hybridized carbons (Fsp3) is 0.286. The highest BCUT2D eigenvalue weighted by atomic mass is 127. The number of hydrogen-bond acceptors (Lipinski definition) is 1. The first-order valence-electron chi connectivity index (χ1n) is 3.23. The molecule has 0 aromatic carbocycles. The van der Waals surface area contributed by atoms with Crippen LogP contribution in [0.15, 0.2) is 12.1 Å². The summed E-state index contributed by atoms with van der Waals surface area (Å²) in [5.74, 6) is 0. The molecule has 1 rings (SSSR count). The normalized spacial score (nSPS) is 11.8. The molecule has 0 N–H and O–H groups in total. The lowest BCUT2D eigenvalue weighted by molar-refractivity contribution is -0.141. The lowest BCUT2D eigenvalue weighted by Crippen LogP contribution is -2.09. The van der Waals surface area contributed by atoms with Crippen LogP contribution in [-0.4, -0.2) is 4.98 Å². The van der Waals surface area contributed by atoms with Crippen molar-refractivity contribution in [3.05, 3.63) is 27.1 Å². The number of nitrogens with zero attached hydrogens (tertiary/aromatic N) is 1. The van der Waals surface area contributed by atoms with Gasteiger partial charge in [0.25, 0.3) is 0 Å². The highest BCUT2D eigenvalue weighted by Gasteiger charge is 2.32. The summed E-state index contributed by atoms with van der Waals surface area (Å²) in [7, 11) is 0. The topological polar surface area (TPSA) is 12.9 Å². The molecule has 0 atom stereocenters. The molecule has 0 saturated carbocycles. The Morgan fingerprint density at radius 3 is 2.46 bits per heavy atom. The summed E-state index contributed by atoms with van der Waals surface area (Å²) < 4.78 is 37.1. The minimum Gasteiger partial charge on any atom is -0.247 e. The van der Waals surface area contributed by atoms with Gasteiger partial charge in [0.15, 0.2) is 0 Å². The molecule has 0 amide bonds. The monoisotopic (exact) mass is 365 g/mol. The molecule has 0 fully saturated rings. The van der Waals surface area contributed by atoms with Crippen molar-refractivity contribution in [1.29, 1.82) is 0 Å². The Hall–Kier alpha value is 0.150. The van der Waals surface area contributed by atoms with Crippen molar-refractivity contribution in [2.45, 2.75) is 11.5 Å². The van der Waals surface area contributed by atoms with E-state index in [-0.39, 0.29) is 0 Å². The molecule has 1 heterocycles. The molecule has 0 aliphatic rings. The standard InChI is InChI=1S/C7H4BrF3IN/c8-3-5-1-4(12)2-6(13-5)7(9,10)11/h1-2H,3H2. The van der Waals surface area contributed by atoms with Gasteiger partial charge in [-0.2, -0.15) is 13.2 Å². The van der Waals surface area contributed by atoms with Crippen molar-refractivity contribution >= 4 is 38.5 Å². The van der Waals surface area contributed by atoms with E-state index >= 15 is 0 Å². The first-order valence-corrected chi connectivity index (χ1v) is 5.43. The molecule has 0 radical (unpaired) electrons. The van der Waals surface area contributed by atoms with Crippen LogP contribution < -0.4 is 0 Å². The van der Waals surface area contributed by atoms with Gasteiger partial charge in [0.1, 0.15) is 5.69 Å². The summed E-state index contributed by atoms with van der Waals surface area (Å²) in [6.45, 7) is 0. The first kappa shape index (κ1) is 11.2. The zero-order valence-corrected chi connectivity index (χ0v) is 9.94. The van der Waals surface area contributed by atoms with Crippen LogP contribution in [0.4, 0.5) is 13.2 Å². The van der Waals surface area contributed by atoms with Crippen molar-refractivity contribution in [2.75, 3.05) is 0 Å². The smallest absolute Gasteiger partial charge is 0.247 e. The van der Waals surface area contributed by atoms with Crippen molar-refractivity contribution in [1.82, 2.24) is 4.98 Å². The van der Waals surface area contributed by atoms with Crippen LogP contribution in [0.5, 0.6) is 0 Å². The molecule has 0 unspecified atom stereocenters. The Bertz CT molecular complexity index is 313. The van der Waals surface area contributed by atoms with E-state index in [0.717, 1.165) is 6.07 Å². The predicted octanol–water partition coefficient (Wildman–Crippen LogP) is 3.60. The van der Waals surface area contributed by atoms with Gasteiger partial charge >= 0.3 is 6.18 Å². The second kappa shape index (κ2) is 4.12. The minimum absolute atomic E-state index is 0.326. The SMILES string of the molecule is FC(F)(F)c1cc(I)cc(CBr)n1. The Morgan fingerprint density at radius 1 is 1.38 bits per heavy atom. The van der Waals surface area contributed by atoms with Crippen LogP contribution in [0, 0.1) is 3.57 Å². The van der Waals surface area contributed by atoms with E-state index in [1.807, 2.05) is 22.6 Å². The van der Waals surface area contributed by atoms with Crippen LogP contribution in [0.3, 0.4) is 0 Å². The third-order valence-electron chi connectivity index (χ3n) is 1.27. The van der Waals surface area contributed by atoms with Crippen molar-refractivity contribution in [2.24, 2.45) is 0 Å². The van der Waals surface area contributed by atoms with Gasteiger partial charge < -0.3 is 0 Å². The van der Waals surface area contributed by atoms with E-state index in [4.69, 9.17) is 0 Å². The highest BCUT2D eigenvalue weighted by Crippen LogP contribution is 2.29. The van der Waals surface area contributed by atoms with Gasteiger partial charge in [-0.25, -0.2) is 4.98 Å². The average molecular weight is 366 g/mol. The summed E-state index contributed by atoms with van der Waals surface area (Å²) in [6, 6.07) is 2.62. The number of halogens is 5. The molecule has 1 aromatic heterocycles. The Morgan fingerprint density at radius 2 is 2.00 bits per heavy atom. The quantitative estimate of drug-likeness (QED) is 0.547. The van der Waals surface area contributed by atoms with E-state index in [2.05, 4.69) is 20.9 Å². The molecular formula is C7H4BrF3IN. The van der Waals surface area contributed by atoms with E-state index in [9.17, 15) is 13.2 Å². The van der Waals surface area contributed by atoms with Gasteiger partial charge in [-0.1, -0.05) is 15.9 Å². The number of aromatic nitrogens is 1. The second-order valence-electron chi connectivity index (χ2n) is 2.29. The molecule has 0 aliphatic carbocycles. The van der Waals surface area contributed by atoms with E-state index < -0.39 is 11.9 Å². The first-order chi connectivity index (χ1) is 5.93. The summed E-state index contributed by atoms with van der Waals surface area (Å²) >= 11 is 4.89. The molecule has 0 aliphatic heterocycles. The van der Waals surface area contributed by atoms with Crippen LogP contribution in [0.1, 0.15) is 11.4 Å².